The van der Waals surface area contributed by atoms with Crippen molar-refractivity contribution in [2.75, 3.05) is 26.2 Å². The molecule has 0 atom stereocenters. The monoisotopic (exact) mass is 456 g/mol. The van der Waals surface area contributed by atoms with Crippen molar-refractivity contribution in [1.29, 1.82) is 0 Å². The lowest BCUT2D eigenvalue weighted by Crippen LogP contribution is -2.55. The number of carbonyl (C=O) groups excluding carboxylic acids is 2. The van der Waals surface area contributed by atoms with Crippen molar-refractivity contribution >= 4 is 11.7 Å². The molecule has 1 aromatic carbocycles. The maximum Gasteiger partial charge on any atom is 0.296 e. The first-order chi connectivity index (χ1) is 15.7. The predicted octanol–water partition coefficient (Wildman–Crippen LogP) is 2.08. The Morgan fingerprint density at radius 1 is 1.09 bits per heavy atom. The van der Waals surface area contributed by atoms with E-state index in [0.29, 0.717) is 18.8 Å². The number of rotatable bonds is 6. The smallest absolute Gasteiger partial charge is 0.296 e. The summed E-state index contributed by atoms with van der Waals surface area (Å²) in [5.74, 6) is -1.07. The molecule has 2 aliphatic heterocycles. The summed E-state index contributed by atoms with van der Waals surface area (Å²) in [4.78, 5) is 46.7. The standard InChI is InChI=1S/C24H29FN4O4/c1-24(2)23-26-20(18(30)10-7-16-5-8-17(25)9-6-16)21(32)22(33)29(23)14-13-28(24)15-19(31)27-11-3-4-12-27/h5-6,8-9,32H,3-4,7,10-15H2,1-2H3. The number of Topliss-reactive ketones (excluding diaryl/α,β-unsaturated/α-hetero) is 1. The van der Waals surface area contributed by atoms with Crippen molar-refractivity contribution in [1.82, 2.24) is 19.4 Å². The van der Waals surface area contributed by atoms with Crippen LogP contribution < -0.4 is 5.56 Å². The van der Waals surface area contributed by atoms with Crippen LogP contribution in [0.3, 0.4) is 0 Å². The average Bonchev–Trinajstić information content (AvgIpc) is 3.32. The lowest BCUT2D eigenvalue weighted by atomic mass is 9.97. The lowest BCUT2D eigenvalue weighted by molar-refractivity contribution is -0.133. The van der Waals surface area contributed by atoms with Crippen LogP contribution >= 0.6 is 0 Å². The fourth-order valence-electron chi connectivity index (χ4n) is 4.59. The minimum atomic E-state index is -0.785. The van der Waals surface area contributed by atoms with Gasteiger partial charge in [-0.25, -0.2) is 9.37 Å². The minimum Gasteiger partial charge on any atom is -0.501 e. The highest BCUT2D eigenvalue weighted by Crippen LogP contribution is 2.31. The molecule has 1 fully saturated rings. The normalized spacial score (nSPS) is 17.7. The van der Waals surface area contributed by atoms with Crippen molar-refractivity contribution in [2.24, 2.45) is 0 Å². The van der Waals surface area contributed by atoms with Crippen molar-refractivity contribution in [2.45, 2.75) is 51.6 Å². The Bertz CT molecular complexity index is 1120. The molecular weight excluding hydrogens is 427 g/mol. The Hall–Kier alpha value is -3.07. The largest absolute Gasteiger partial charge is 0.501 e. The van der Waals surface area contributed by atoms with E-state index in [-0.39, 0.29) is 36.9 Å². The zero-order valence-electron chi connectivity index (χ0n) is 19.0. The van der Waals surface area contributed by atoms with Crippen LogP contribution in [0.1, 0.15) is 55.0 Å². The molecule has 0 unspecified atom stereocenters. The maximum absolute atomic E-state index is 13.1. The van der Waals surface area contributed by atoms with Crippen molar-refractivity contribution in [3.63, 3.8) is 0 Å². The highest BCUT2D eigenvalue weighted by atomic mass is 19.1. The van der Waals surface area contributed by atoms with Gasteiger partial charge in [0, 0.05) is 32.6 Å². The highest BCUT2D eigenvalue weighted by Gasteiger charge is 2.40. The number of aromatic hydroxyl groups is 1. The van der Waals surface area contributed by atoms with Gasteiger partial charge >= 0.3 is 0 Å². The van der Waals surface area contributed by atoms with Gasteiger partial charge in [-0.3, -0.25) is 23.9 Å². The number of aromatic nitrogens is 2. The van der Waals surface area contributed by atoms with Crippen LogP contribution in [0.25, 0.3) is 0 Å². The number of hydrogen-bond donors (Lipinski definition) is 1. The summed E-state index contributed by atoms with van der Waals surface area (Å²) in [7, 11) is 0. The SMILES string of the molecule is CC1(C)c2nc(C(=O)CCc3ccc(F)cc3)c(O)c(=O)n2CCN1CC(=O)N1CCCC1. The Labute approximate surface area is 191 Å². The number of likely N-dealkylation sites (tertiary alicyclic amines) is 1. The van der Waals surface area contributed by atoms with Crippen molar-refractivity contribution < 1.29 is 19.1 Å². The van der Waals surface area contributed by atoms with Crippen molar-refractivity contribution in [3.8, 4) is 5.75 Å². The molecule has 4 rings (SSSR count). The Kier molecular flexibility index (Phi) is 6.34. The van der Waals surface area contributed by atoms with Gasteiger partial charge in [0.2, 0.25) is 11.7 Å². The summed E-state index contributed by atoms with van der Waals surface area (Å²) in [6.45, 7) is 6.20. The summed E-state index contributed by atoms with van der Waals surface area (Å²) in [6.07, 6.45) is 2.38. The van der Waals surface area contributed by atoms with E-state index in [4.69, 9.17) is 0 Å². The molecule has 0 aliphatic carbocycles. The topological polar surface area (TPSA) is 95.7 Å². The zero-order valence-corrected chi connectivity index (χ0v) is 19.0. The van der Waals surface area contributed by atoms with E-state index in [1.807, 2.05) is 23.6 Å². The second-order valence-corrected chi connectivity index (χ2v) is 9.21. The van der Waals surface area contributed by atoms with E-state index in [0.717, 1.165) is 31.5 Å². The molecule has 0 bridgehead atoms. The maximum atomic E-state index is 13.1. The number of hydrogen-bond acceptors (Lipinski definition) is 6. The van der Waals surface area contributed by atoms with Gasteiger partial charge < -0.3 is 10.0 Å². The third-order valence-corrected chi connectivity index (χ3v) is 6.68. The van der Waals surface area contributed by atoms with Crippen LogP contribution in [0.5, 0.6) is 5.75 Å². The van der Waals surface area contributed by atoms with Gasteiger partial charge in [0.1, 0.15) is 11.6 Å². The summed E-state index contributed by atoms with van der Waals surface area (Å²) in [5, 5.41) is 10.4. The molecule has 2 aliphatic rings. The Balaban J connectivity index is 1.57. The molecule has 9 heteroatoms. The first kappa shape index (κ1) is 23.1. The van der Waals surface area contributed by atoms with E-state index in [1.54, 1.807) is 12.1 Å². The third kappa shape index (κ3) is 4.55. The van der Waals surface area contributed by atoms with Gasteiger partial charge in [-0.1, -0.05) is 12.1 Å². The Morgan fingerprint density at radius 2 is 1.76 bits per heavy atom. The number of fused-ring (bicyclic) bond motifs is 1. The second-order valence-electron chi connectivity index (χ2n) is 9.21. The molecule has 8 nitrogen and oxygen atoms in total. The molecule has 176 valence electrons. The van der Waals surface area contributed by atoms with Gasteiger partial charge in [-0.05, 0) is 50.8 Å². The molecule has 0 radical (unpaired) electrons. The van der Waals surface area contributed by atoms with E-state index >= 15 is 0 Å². The van der Waals surface area contributed by atoms with E-state index in [1.165, 1.54) is 16.7 Å². The number of halogens is 1. The number of carbonyl (C=O) groups is 2. The average molecular weight is 457 g/mol. The predicted molar refractivity (Wildman–Crippen MR) is 120 cm³/mol. The molecule has 33 heavy (non-hydrogen) atoms. The van der Waals surface area contributed by atoms with Crippen LogP contribution in [0, 0.1) is 5.82 Å². The summed E-state index contributed by atoms with van der Waals surface area (Å²) in [5.41, 5.74) is -0.921. The quantitative estimate of drug-likeness (QED) is 0.669. The minimum absolute atomic E-state index is 0.0205. The molecule has 1 amide bonds. The fraction of sp³-hybridized carbons (Fsp3) is 0.500. The van der Waals surface area contributed by atoms with Gasteiger partial charge in [0.05, 0.1) is 12.1 Å². The van der Waals surface area contributed by atoms with E-state index in [2.05, 4.69) is 4.98 Å². The molecule has 3 heterocycles. The molecule has 0 spiro atoms. The molecule has 2 aromatic rings. The first-order valence-corrected chi connectivity index (χ1v) is 11.3. The molecule has 0 saturated carbocycles. The van der Waals surface area contributed by atoms with Gasteiger partial charge in [-0.15, -0.1) is 0 Å². The summed E-state index contributed by atoms with van der Waals surface area (Å²) < 4.78 is 14.5. The summed E-state index contributed by atoms with van der Waals surface area (Å²) >= 11 is 0. The van der Waals surface area contributed by atoms with Crippen LogP contribution in [0.2, 0.25) is 0 Å². The third-order valence-electron chi connectivity index (χ3n) is 6.68. The van der Waals surface area contributed by atoms with Crippen LogP contribution in [0.4, 0.5) is 4.39 Å². The van der Waals surface area contributed by atoms with E-state index < -0.39 is 22.6 Å². The first-order valence-electron chi connectivity index (χ1n) is 11.3. The highest BCUT2D eigenvalue weighted by molar-refractivity contribution is 5.96. The number of ketones is 1. The molecule has 1 aromatic heterocycles. The molecule has 1 saturated heterocycles. The molecular formula is C24H29FN4O4. The Morgan fingerprint density at radius 3 is 2.42 bits per heavy atom. The number of benzene rings is 1. The number of aryl methyl sites for hydroxylation is 1. The second kappa shape index (κ2) is 9.05. The lowest BCUT2D eigenvalue weighted by Gasteiger charge is -2.43. The van der Waals surface area contributed by atoms with E-state index in [9.17, 15) is 23.9 Å². The van der Waals surface area contributed by atoms with Gasteiger partial charge in [-0.2, -0.15) is 0 Å². The van der Waals surface area contributed by atoms with Gasteiger partial charge in [0.15, 0.2) is 11.5 Å². The molecule has 1 N–H and O–H groups in total. The zero-order chi connectivity index (χ0) is 23.8. The number of nitrogens with zero attached hydrogens (tertiary/aromatic N) is 4. The van der Waals surface area contributed by atoms with Gasteiger partial charge in [0.25, 0.3) is 5.56 Å². The van der Waals surface area contributed by atoms with Crippen LogP contribution in [-0.2, 0) is 23.3 Å². The number of amides is 1. The van der Waals surface area contributed by atoms with Crippen LogP contribution in [0.15, 0.2) is 29.1 Å². The van der Waals surface area contributed by atoms with Crippen LogP contribution in [-0.4, -0.2) is 62.3 Å². The summed E-state index contributed by atoms with van der Waals surface area (Å²) in [6, 6.07) is 5.83. The van der Waals surface area contributed by atoms with Crippen molar-refractivity contribution in [3.05, 3.63) is 57.5 Å². The fourth-order valence-corrected chi connectivity index (χ4v) is 4.59.